The zero-order valence-corrected chi connectivity index (χ0v) is 13.5. The predicted octanol–water partition coefficient (Wildman–Crippen LogP) is 3.10. The van der Waals surface area contributed by atoms with Crippen LogP contribution in [0.25, 0.3) is 0 Å². The first-order chi connectivity index (χ1) is 11.1. The molecule has 0 aromatic heterocycles. The van der Waals surface area contributed by atoms with E-state index < -0.39 is 6.04 Å². The molecule has 5 heteroatoms. The van der Waals surface area contributed by atoms with Crippen LogP contribution in [0.3, 0.4) is 0 Å². The molecule has 0 heterocycles. The second-order valence-corrected chi connectivity index (χ2v) is 5.86. The summed E-state index contributed by atoms with van der Waals surface area (Å²) in [6.07, 6.45) is 1.16. The highest BCUT2D eigenvalue weighted by Gasteiger charge is 2.12. The highest BCUT2D eigenvalue weighted by Crippen LogP contribution is 2.15. The molecule has 1 amide bonds. The smallest absolute Gasteiger partial charge is 0.221 e. The van der Waals surface area contributed by atoms with Crippen molar-refractivity contribution in [2.24, 2.45) is 5.73 Å². The third kappa shape index (κ3) is 5.66. The quantitative estimate of drug-likeness (QED) is 0.817. The van der Waals surface area contributed by atoms with E-state index in [9.17, 15) is 9.18 Å². The van der Waals surface area contributed by atoms with E-state index in [1.165, 1.54) is 6.07 Å². The lowest BCUT2D eigenvalue weighted by Gasteiger charge is -2.12. The molecule has 0 unspecified atom stereocenters. The fourth-order valence-electron chi connectivity index (χ4n) is 2.37. The van der Waals surface area contributed by atoms with Crippen molar-refractivity contribution in [1.82, 2.24) is 5.32 Å². The van der Waals surface area contributed by atoms with Crippen LogP contribution in [0.4, 0.5) is 4.39 Å². The van der Waals surface area contributed by atoms with E-state index in [0.717, 1.165) is 5.56 Å². The van der Waals surface area contributed by atoms with Gasteiger partial charge in [0.1, 0.15) is 5.82 Å². The zero-order valence-electron chi connectivity index (χ0n) is 12.8. The third-order valence-electron chi connectivity index (χ3n) is 3.56. The van der Waals surface area contributed by atoms with Gasteiger partial charge >= 0.3 is 0 Å². The van der Waals surface area contributed by atoms with Gasteiger partial charge in [-0.25, -0.2) is 4.39 Å². The normalized spacial score (nSPS) is 12.0. The first kappa shape index (κ1) is 17.4. The largest absolute Gasteiger partial charge is 0.356 e. The molecule has 3 N–H and O–H groups in total. The van der Waals surface area contributed by atoms with Crippen LogP contribution in [0.1, 0.15) is 17.5 Å². The lowest BCUT2D eigenvalue weighted by Crippen LogP contribution is -2.34. The summed E-state index contributed by atoms with van der Waals surface area (Å²) in [6.45, 7) is 0.495. The number of hydrogen-bond acceptors (Lipinski definition) is 2. The Balaban J connectivity index is 1.74. The Morgan fingerprint density at radius 2 is 1.78 bits per heavy atom. The molecule has 1 atom stereocenters. The summed E-state index contributed by atoms with van der Waals surface area (Å²) in [5, 5.41) is 3.51. The molecule has 3 nitrogen and oxygen atoms in total. The Morgan fingerprint density at radius 1 is 1.13 bits per heavy atom. The fourth-order valence-corrected chi connectivity index (χ4v) is 2.60. The van der Waals surface area contributed by atoms with E-state index in [1.807, 2.05) is 24.3 Å². The van der Waals surface area contributed by atoms with E-state index in [2.05, 4.69) is 5.32 Å². The Kier molecular flexibility index (Phi) is 6.56. The Labute approximate surface area is 140 Å². The average Bonchev–Trinajstić information content (AvgIpc) is 2.51. The molecule has 0 saturated carbocycles. The number of hydrogen-bond donors (Lipinski definition) is 2. The standard InChI is InChI=1S/C18H20ClFN2O/c19-16-7-3-1-5-13(16)9-10-22-18(23)12-15(21)11-14-6-2-4-8-17(14)20/h1-8,15H,9-12,21H2,(H,22,23)/t15-/m1/s1. The van der Waals surface area contributed by atoms with Crippen LogP contribution in [0, 0.1) is 5.82 Å². The first-order valence-electron chi connectivity index (χ1n) is 7.55. The highest BCUT2D eigenvalue weighted by molar-refractivity contribution is 6.31. The highest BCUT2D eigenvalue weighted by atomic mass is 35.5. The summed E-state index contributed by atoms with van der Waals surface area (Å²) in [4.78, 5) is 11.9. The molecule has 0 saturated heterocycles. The molecule has 0 bridgehead atoms. The van der Waals surface area contributed by atoms with Crippen LogP contribution in [-0.4, -0.2) is 18.5 Å². The predicted molar refractivity (Wildman–Crippen MR) is 90.9 cm³/mol. The van der Waals surface area contributed by atoms with Crippen LogP contribution in [-0.2, 0) is 17.6 Å². The Bertz CT molecular complexity index is 663. The molecule has 0 aliphatic heterocycles. The number of carbonyl (C=O) groups excluding carboxylic acids is 1. The zero-order chi connectivity index (χ0) is 16.7. The number of rotatable bonds is 7. The van der Waals surface area contributed by atoms with Gasteiger partial charge in [0.25, 0.3) is 0 Å². The molecule has 0 aliphatic rings. The first-order valence-corrected chi connectivity index (χ1v) is 7.93. The van der Waals surface area contributed by atoms with Gasteiger partial charge in [0.15, 0.2) is 0 Å². The van der Waals surface area contributed by atoms with Crippen LogP contribution < -0.4 is 11.1 Å². The maximum Gasteiger partial charge on any atom is 0.221 e. The molecule has 122 valence electrons. The molecule has 0 fully saturated rings. The minimum atomic E-state index is -0.410. The SMILES string of the molecule is N[C@@H](CC(=O)NCCc1ccccc1Cl)Cc1ccccc1F. The van der Waals surface area contributed by atoms with E-state index in [-0.39, 0.29) is 18.1 Å². The van der Waals surface area contributed by atoms with Gasteiger partial charge in [-0.15, -0.1) is 0 Å². The van der Waals surface area contributed by atoms with Crippen molar-refractivity contribution in [2.45, 2.75) is 25.3 Å². The number of benzene rings is 2. The van der Waals surface area contributed by atoms with Crippen molar-refractivity contribution < 1.29 is 9.18 Å². The lowest BCUT2D eigenvalue weighted by atomic mass is 10.0. The lowest BCUT2D eigenvalue weighted by molar-refractivity contribution is -0.121. The van der Waals surface area contributed by atoms with E-state index in [1.54, 1.807) is 18.2 Å². The molecular weight excluding hydrogens is 315 g/mol. The summed E-state index contributed by atoms with van der Waals surface area (Å²) < 4.78 is 13.5. The summed E-state index contributed by atoms with van der Waals surface area (Å²) in [6, 6.07) is 13.6. The average molecular weight is 335 g/mol. The monoisotopic (exact) mass is 334 g/mol. The molecule has 2 rings (SSSR count). The van der Waals surface area contributed by atoms with Crippen molar-refractivity contribution >= 4 is 17.5 Å². The Hall–Kier alpha value is -1.91. The van der Waals surface area contributed by atoms with Gasteiger partial charge in [-0.1, -0.05) is 48.0 Å². The minimum Gasteiger partial charge on any atom is -0.356 e. The molecule has 0 aliphatic carbocycles. The van der Waals surface area contributed by atoms with Gasteiger partial charge < -0.3 is 11.1 Å². The van der Waals surface area contributed by atoms with Crippen molar-refractivity contribution in [3.8, 4) is 0 Å². The number of halogens is 2. The second kappa shape index (κ2) is 8.65. The van der Waals surface area contributed by atoms with Crippen molar-refractivity contribution in [1.29, 1.82) is 0 Å². The number of nitrogens with two attached hydrogens (primary N) is 1. The summed E-state index contributed by atoms with van der Waals surface area (Å²) in [7, 11) is 0. The second-order valence-electron chi connectivity index (χ2n) is 5.45. The van der Waals surface area contributed by atoms with Gasteiger partial charge in [-0.3, -0.25) is 4.79 Å². The molecule has 0 spiro atoms. The maximum atomic E-state index is 13.5. The van der Waals surface area contributed by atoms with Crippen LogP contribution >= 0.6 is 11.6 Å². The Morgan fingerprint density at radius 3 is 2.48 bits per heavy atom. The number of amides is 1. The van der Waals surface area contributed by atoms with Gasteiger partial charge in [-0.05, 0) is 36.1 Å². The van der Waals surface area contributed by atoms with Crippen molar-refractivity contribution in [3.05, 3.63) is 70.5 Å². The maximum absolute atomic E-state index is 13.5. The van der Waals surface area contributed by atoms with Gasteiger partial charge in [0.05, 0.1) is 0 Å². The summed E-state index contributed by atoms with van der Waals surface area (Å²) in [5.74, 6) is -0.428. The van der Waals surface area contributed by atoms with Crippen molar-refractivity contribution in [3.63, 3.8) is 0 Å². The van der Waals surface area contributed by atoms with Crippen molar-refractivity contribution in [2.75, 3.05) is 6.54 Å². The van der Waals surface area contributed by atoms with Gasteiger partial charge in [0, 0.05) is 24.0 Å². The topological polar surface area (TPSA) is 55.1 Å². The summed E-state index contributed by atoms with van der Waals surface area (Å²) >= 11 is 6.06. The number of carbonyl (C=O) groups is 1. The molecule has 0 radical (unpaired) electrons. The fraction of sp³-hybridized carbons (Fsp3) is 0.278. The van der Waals surface area contributed by atoms with E-state index >= 15 is 0 Å². The van der Waals surface area contributed by atoms with Crippen LogP contribution in [0.5, 0.6) is 0 Å². The number of nitrogens with one attached hydrogen (secondary N) is 1. The molecule has 2 aromatic carbocycles. The van der Waals surface area contributed by atoms with Crippen LogP contribution in [0.2, 0.25) is 5.02 Å². The molecular formula is C18H20ClFN2O. The third-order valence-corrected chi connectivity index (χ3v) is 3.93. The van der Waals surface area contributed by atoms with Gasteiger partial charge in [-0.2, -0.15) is 0 Å². The van der Waals surface area contributed by atoms with Gasteiger partial charge in [0.2, 0.25) is 5.91 Å². The summed E-state index contributed by atoms with van der Waals surface area (Å²) in [5.41, 5.74) is 7.46. The minimum absolute atomic E-state index is 0.138. The van der Waals surface area contributed by atoms with E-state index in [4.69, 9.17) is 17.3 Å². The molecule has 23 heavy (non-hydrogen) atoms. The molecule has 2 aromatic rings. The van der Waals surface area contributed by atoms with E-state index in [0.29, 0.717) is 30.0 Å². The van der Waals surface area contributed by atoms with Crippen LogP contribution in [0.15, 0.2) is 48.5 Å².